The fourth-order valence-corrected chi connectivity index (χ4v) is 5.21. The minimum atomic E-state index is -0.391. The number of hydrogen-bond donors (Lipinski definition) is 2. The van der Waals surface area contributed by atoms with E-state index < -0.39 is 6.03 Å². The number of rotatable bonds is 8. The summed E-state index contributed by atoms with van der Waals surface area (Å²) in [6.07, 6.45) is 1.45. The SMILES string of the molecule is COc1ccc(N(C(=O)Nc2c(C)cccc2C)c2cc(Nc3ccc(N4CCN(C)CC4)cc3C)ncn2)c(OC)c1. The Labute approximate surface area is 253 Å². The van der Waals surface area contributed by atoms with Crippen molar-refractivity contribution in [3.05, 3.63) is 83.7 Å². The highest BCUT2D eigenvalue weighted by molar-refractivity contribution is 6.08. The first-order chi connectivity index (χ1) is 20.8. The van der Waals surface area contributed by atoms with Crippen LogP contribution >= 0.6 is 0 Å². The van der Waals surface area contributed by atoms with Crippen LogP contribution in [0.15, 0.2) is 67.0 Å². The van der Waals surface area contributed by atoms with Gasteiger partial charge in [-0.25, -0.2) is 19.7 Å². The highest BCUT2D eigenvalue weighted by atomic mass is 16.5. The number of carbonyl (C=O) groups is 1. The first-order valence-corrected chi connectivity index (χ1v) is 14.3. The van der Waals surface area contributed by atoms with Crippen LogP contribution in [-0.4, -0.2) is 68.3 Å². The van der Waals surface area contributed by atoms with Crippen molar-refractivity contribution in [3.63, 3.8) is 0 Å². The topological polar surface area (TPSA) is 95.1 Å². The fourth-order valence-electron chi connectivity index (χ4n) is 5.21. The summed E-state index contributed by atoms with van der Waals surface area (Å²) in [5.74, 6) is 1.99. The summed E-state index contributed by atoms with van der Waals surface area (Å²) < 4.78 is 11.1. The zero-order valence-electron chi connectivity index (χ0n) is 25.6. The van der Waals surface area contributed by atoms with Crippen molar-refractivity contribution in [2.75, 3.05) is 67.9 Å². The number of anilines is 6. The summed E-state index contributed by atoms with van der Waals surface area (Å²) in [4.78, 5) is 29.2. The number of aryl methyl sites for hydroxylation is 3. The molecule has 3 aromatic carbocycles. The molecule has 0 saturated carbocycles. The lowest BCUT2D eigenvalue weighted by molar-refractivity contribution is 0.258. The smallest absolute Gasteiger partial charge is 0.332 e. The predicted molar refractivity (Wildman–Crippen MR) is 173 cm³/mol. The van der Waals surface area contributed by atoms with Gasteiger partial charge in [-0.05, 0) is 74.8 Å². The molecule has 0 aliphatic carbocycles. The van der Waals surface area contributed by atoms with Gasteiger partial charge in [0.2, 0.25) is 0 Å². The lowest BCUT2D eigenvalue weighted by Crippen LogP contribution is -2.44. The number of nitrogens with zero attached hydrogens (tertiary/aromatic N) is 5. The minimum absolute atomic E-state index is 0.372. The Bertz CT molecular complexity index is 1580. The summed E-state index contributed by atoms with van der Waals surface area (Å²) in [5.41, 5.74) is 6.39. The molecule has 5 rings (SSSR count). The van der Waals surface area contributed by atoms with Gasteiger partial charge in [-0.15, -0.1) is 0 Å². The van der Waals surface area contributed by atoms with Crippen LogP contribution in [-0.2, 0) is 0 Å². The number of aromatic nitrogens is 2. The third kappa shape index (κ3) is 6.65. The zero-order chi connectivity index (χ0) is 30.5. The number of piperazine rings is 1. The van der Waals surface area contributed by atoms with Gasteiger partial charge in [-0.2, -0.15) is 0 Å². The largest absolute Gasteiger partial charge is 0.497 e. The number of nitrogens with one attached hydrogen (secondary N) is 2. The van der Waals surface area contributed by atoms with Crippen LogP contribution in [0.1, 0.15) is 16.7 Å². The number of benzene rings is 3. The Morgan fingerprint density at radius 3 is 2.28 bits per heavy atom. The van der Waals surface area contributed by atoms with E-state index >= 15 is 0 Å². The molecule has 2 N–H and O–H groups in total. The van der Waals surface area contributed by atoms with E-state index in [1.165, 1.54) is 16.9 Å². The Morgan fingerprint density at radius 1 is 0.860 bits per heavy atom. The highest BCUT2D eigenvalue weighted by Crippen LogP contribution is 2.37. The molecule has 10 heteroatoms. The molecule has 10 nitrogen and oxygen atoms in total. The monoisotopic (exact) mass is 581 g/mol. The summed E-state index contributed by atoms with van der Waals surface area (Å²) >= 11 is 0. The van der Waals surface area contributed by atoms with Crippen molar-refractivity contribution in [3.8, 4) is 11.5 Å². The van der Waals surface area contributed by atoms with Crippen LogP contribution < -0.4 is 29.9 Å². The third-order valence-corrected chi connectivity index (χ3v) is 7.77. The van der Waals surface area contributed by atoms with Crippen molar-refractivity contribution in [1.29, 1.82) is 0 Å². The van der Waals surface area contributed by atoms with Gasteiger partial charge in [0.25, 0.3) is 0 Å². The summed E-state index contributed by atoms with van der Waals surface area (Å²) in [5, 5.41) is 6.51. The second-order valence-corrected chi connectivity index (χ2v) is 10.7. The molecule has 224 valence electrons. The number of methoxy groups -OCH3 is 2. The zero-order valence-corrected chi connectivity index (χ0v) is 25.6. The van der Waals surface area contributed by atoms with Gasteiger partial charge in [-0.1, -0.05) is 18.2 Å². The quantitative estimate of drug-likeness (QED) is 0.251. The van der Waals surface area contributed by atoms with E-state index in [9.17, 15) is 4.79 Å². The molecule has 2 heterocycles. The number of hydrogen-bond acceptors (Lipinski definition) is 8. The Hall–Kier alpha value is -4.83. The average molecular weight is 582 g/mol. The molecule has 4 aromatic rings. The van der Waals surface area contributed by atoms with Gasteiger partial charge in [0.15, 0.2) is 0 Å². The number of urea groups is 1. The van der Waals surface area contributed by atoms with Crippen LogP contribution in [0.4, 0.5) is 39.2 Å². The van der Waals surface area contributed by atoms with Gasteiger partial charge in [0.05, 0.1) is 19.9 Å². The van der Waals surface area contributed by atoms with Crippen LogP contribution in [0, 0.1) is 20.8 Å². The van der Waals surface area contributed by atoms with E-state index in [0.717, 1.165) is 54.2 Å². The molecule has 0 spiro atoms. The lowest BCUT2D eigenvalue weighted by atomic mass is 10.1. The second kappa shape index (κ2) is 13.0. The summed E-state index contributed by atoms with van der Waals surface area (Å²) in [6, 6.07) is 18.9. The maximum Gasteiger partial charge on any atom is 0.332 e. The van der Waals surface area contributed by atoms with Crippen LogP contribution in [0.25, 0.3) is 0 Å². The molecule has 2 amide bonds. The van der Waals surface area contributed by atoms with Gasteiger partial charge in [-0.3, -0.25) is 0 Å². The van der Waals surface area contributed by atoms with E-state index in [0.29, 0.717) is 28.8 Å². The Balaban J connectivity index is 1.47. The standard InChI is InChI=1S/C33H39N7O3/c1-22-8-7-9-23(2)32(22)37-33(41)40(28-13-11-26(42-5)19-29(28)43-6)31-20-30(34-21-35-31)36-27-12-10-25(18-24(27)3)39-16-14-38(4)15-17-39/h7-13,18-21H,14-17H2,1-6H3,(H,37,41)(H,34,35,36). The predicted octanol–water partition coefficient (Wildman–Crippen LogP) is 6.28. The molecule has 1 aliphatic rings. The van der Waals surface area contributed by atoms with E-state index in [2.05, 4.69) is 62.6 Å². The number of carbonyl (C=O) groups excluding carboxylic acids is 1. The van der Waals surface area contributed by atoms with Crippen molar-refractivity contribution in [2.45, 2.75) is 20.8 Å². The first kappa shape index (κ1) is 29.7. The number of likely N-dealkylation sites (N-methyl/N-ethyl adjacent to an activating group) is 1. The van der Waals surface area contributed by atoms with Crippen LogP contribution in [0.5, 0.6) is 11.5 Å². The normalized spacial score (nSPS) is 13.4. The molecular weight excluding hydrogens is 542 g/mol. The molecule has 0 atom stereocenters. The minimum Gasteiger partial charge on any atom is -0.497 e. The maximum atomic E-state index is 14.0. The van der Waals surface area contributed by atoms with Crippen molar-refractivity contribution in [2.24, 2.45) is 0 Å². The second-order valence-electron chi connectivity index (χ2n) is 10.7. The van der Waals surface area contributed by atoms with E-state index in [-0.39, 0.29) is 0 Å². The van der Waals surface area contributed by atoms with Gasteiger partial charge >= 0.3 is 6.03 Å². The van der Waals surface area contributed by atoms with Crippen LogP contribution in [0.3, 0.4) is 0 Å². The van der Waals surface area contributed by atoms with Crippen molar-refractivity contribution in [1.82, 2.24) is 14.9 Å². The number of para-hydroxylation sites is 1. The third-order valence-electron chi connectivity index (χ3n) is 7.77. The molecule has 0 bridgehead atoms. The van der Waals surface area contributed by atoms with Crippen molar-refractivity contribution < 1.29 is 14.3 Å². The molecular formula is C33H39N7O3. The van der Waals surface area contributed by atoms with Gasteiger partial charge in [0, 0.05) is 55.4 Å². The average Bonchev–Trinajstić information content (AvgIpc) is 3.01. The molecule has 0 radical (unpaired) electrons. The van der Waals surface area contributed by atoms with Crippen molar-refractivity contribution >= 4 is 40.4 Å². The number of ether oxygens (including phenoxy) is 2. The van der Waals surface area contributed by atoms with Crippen LogP contribution in [0.2, 0.25) is 0 Å². The Kier molecular flexibility index (Phi) is 8.96. The Morgan fingerprint density at radius 2 is 1.60 bits per heavy atom. The fraction of sp³-hybridized carbons (Fsp3) is 0.303. The summed E-state index contributed by atoms with van der Waals surface area (Å²) in [7, 11) is 5.30. The summed E-state index contributed by atoms with van der Waals surface area (Å²) in [6.45, 7) is 10.1. The van der Waals surface area contributed by atoms with Gasteiger partial charge < -0.3 is 29.9 Å². The molecule has 0 unspecified atom stereocenters. The van der Waals surface area contributed by atoms with E-state index in [1.54, 1.807) is 38.5 Å². The molecule has 1 fully saturated rings. The molecule has 1 saturated heterocycles. The lowest BCUT2D eigenvalue weighted by Gasteiger charge is -2.34. The first-order valence-electron chi connectivity index (χ1n) is 14.3. The molecule has 43 heavy (non-hydrogen) atoms. The number of amides is 2. The maximum absolute atomic E-state index is 14.0. The molecule has 1 aliphatic heterocycles. The highest BCUT2D eigenvalue weighted by Gasteiger charge is 2.25. The van der Waals surface area contributed by atoms with E-state index in [4.69, 9.17) is 9.47 Å². The molecule has 1 aromatic heterocycles. The van der Waals surface area contributed by atoms with Gasteiger partial charge in [0.1, 0.15) is 29.5 Å². The van der Waals surface area contributed by atoms with E-state index in [1.807, 2.05) is 32.0 Å².